The standard InChI is InChI=1S/C24H19N3O2/c25-13-18-17-9-6-11-19(17)24(29-22(18)14-26)20-10-4-5-12-21(20)27(23(24)28)15-16-7-2-1-3-8-16/h1-5,7-8,10,12,17,19H,6,9,11,15H2. The lowest BCUT2D eigenvalue weighted by Gasteiger charge is -2.41. The van der Waals surface area contributed by atoms with Crippen molar-refractivity contribution in [3.63, 3.8) is 0 Å². The van der Waals surface area contributed by atoms with Gasteiger partial charge in [0, 0.05) is 17.4 Å². The predicted molar refractivity (Wildman–Crippen MR) is 106 cm³/mol. The fourth-order valence-corrected chi connectivity index (χ4v) is 5.30. The molecule has 5 rings (SSSR count). The Bertz CT molecular complexity index is 1110. The van der Waals surface area contributed by atoms with Gasteiger partial charge in [0.1, 0.15) is 6.07 Å². The van der Waals surface area contributed by atoms with Crippen molar-refractivity contribution in [1.29, 1.82) is 10.5 Å². The first kappa shape index (κ1) is 17.5. The second-order valence-electron chi connectivity index (χ2n) is 7.84. The molecule has 1 spiro atoms. The predicted octanol–water partition coefficient (Wildman–Crippen LogP) is 4.18. The van der Waals surface area contributed by atoms with E-state index in [-0.39, 0.29) is 23.5 Å². The summed E-state index contributed by atoms with van der Waals surface area (Å²) in [5.41, 5.74) is 1.83. The van der Waals surface area contributed by atoms with Gasteiger partial charge in [-0.25, -0.2) is 0 Å². The third-order valence-electron chi connectivity index (χ3n) is 6.48. The molecule has 3 aliphatic rings. The Labute approximate surface area is 169 Å². The number of hydrogen-bond acceptors (Lipinski definition) is 4. The largest absolute Gasteiger partial charge is 0.461 e. The highest BCUT2D eigenvalue weighted by Crippen LogP contribution is 2.59. The second kappa shape index (κ2) is 6.50. The first-order chi connectivity index (χ1) is 14.2. The first-order valence-electron chi connectivity index (χ1n) is 9.89. The zero-order valence-electron chi connectivity index (χ0n) is 15.8. The molecule has 1 aliphatic carbocycles. The number of allylic oxidation sites excluding steroid dienone is 2. The average Bonchev–Trinajstić information content (AvgIpc) is 3.34. The Kier molecular flexibility index (Phi) is 3.93. The summed E-state index contributed by atoms with van der Waals surface area (Å²) in [5.74, 6) is -0.384. The van der Waals surface area contributed by atoms with E-state index in [1.807, 2.05) is 60.7 Å². The highest BCUT2D eigenvalue weighted by Gasteiger charge is 2.63. The monoisotopic (exact) mass is 381 g/mol. The number of nitriles is 2. The maximum absolute atomic E-state index is 13.9. The van der Waals surface area contributed by atoms with Gasteiger partial charge in [-0.1, -0.05) is 55.0 Å². The topological polar surface area (TPSA) is 77.1 Å². The maximum atomic E-state index is 13.9. The fraction of sp³-hybridized carbons (Fsp3) is 0.292. The molecule has 3 atom stereocenters. The Hall–Kier alpha value is -3.57. The summed E-state index contributed by atoms with van der Waals surface area (Å²) in [6, 6.07) is 21.8. The molecule has 0 radical (unpaired) electrons. The van der Waals surface area contributed by atoms with E-state index in [9.17, 15) is 15.3 Å². The van der Waals surface area contributed by atoms with Gasteiger partial charge in [0.05, 0.1) is 23.9 Å². The maximum Gasteiger partial charge on any atom is 0.276 e. The smallest absolute Gasteiger partial charge is 0.276 e. The van der Waals surface area contributed by atoms with Crippen LogP contribution in [0.3, 0.4) is 0 Å². The number of fused-ring (bicyclic) bond motifs is 4. The van der Waals surface area contributed by atoms with Gasteiger partial charge in [0.15, 0.2) is 0 Å². The Morgan fingerprint density at radius 1 is 1.03 bits per heavy atom. The number of anilines is 1. The number of carbonyl (C=O) groups excluding carboxylic acids is 1. The molecule has 0 aromatic heterocycles. The lowest BCUT2D eigenvalue weighted by molar-refractivity contribution is -0.149. The van der Waals surface area contributed by atoms with Crippen LogP contribution in [0.25, 0.3) is 0 Å². The lowest BCUT2D eigenvalue weighted by atomic mass is 9.71. The molecule has 0 N–H and O–H groups in total. The molecular formula is C24H19N3O2. The minimum atomic E-state index is -1.22. The Morgan fingerprint density at radius 2 is 1.79 bits per heavy atom. The molecule has 1 amide bonds. The van der Waals surface area contributed by atoms with E-state index in [2.05, 4.69) is 6.07 Å². The van der Waals surface area contributed by atoms with Gasteiger partial charge >= 0.3 is 0 Å². The summed E-state index contributed by atoms with van der Waals surface area (Å²) in [6.07, 6.45) is 2.52. The van der Waals surface area contributed by atoms with Gasteiger partial charge in [-0.15, -0.1) is 0 Å². The van der Waals surface area contributed by atoms with Gasteiger partial charge in [0.2, 0.25) is 11.4 Å². The van der Waals surface area contributed by atoms with Crippen molar-refractivity contribution >= 4 is 11.6 Å². The summed E-state index contributed by atoms with van der Waals surface area (Å²) in [5, 5.41) is 19.3. The van der Waals surface area contributed by atoms with Crippen molar-refractivity contribution in [3.05, 3.63) is 77.1 Å². The molecule has 2 aromatic carbocycles. The fourth-order valence-electron chi connectivity index (χ4n) is 5.30. The first-order valence-corrected chi connectivity index (χ1v) is 9.89. The molecule has 5 nitrogen and oxygen atoms in total. The van der Waals surface area contributed by atoms with Crippen LogP contribution in [0, 0.1) is 34.5 Å². The number of amides is 1. The Morgan fingerprint density at radius 3 is 2.55 bits per heavy atom. The highest BCUT2D eigenvalue weighted by molar-refractivity contribution is 6.07. The van der Waals surface area contributed by atoms with Crippen LogP contribution in [0.1, 0.15) is 30.4 Å². The summed E-state index contributed by atoms with van der Waals surface area (Å²) >= 11 is 0. The van der Waals surface area contributed by atoms with Crippen molar-refractivity contribution in [1.82, 2.24) is 0 Å². The summed E-state index contributed by atoms with van der Waals surface area (Å²) in [4.78, 5) is 15.7. The van der Waals surface area contributed by atoms with Crippen LogP contribution in [0.5, 0.6) is 0 Å². The number of ether oxygens (including phenoxy) is 1. The number of para-hydroxylation sites is 1. The SMILES string of the molecule is N#CC1=C(C#N)C2CCCC2C2(O1)C(=O)N(Cc1ccccc1)c1ccccc12. The molecule has 1 fully saturated rings. The molecule has 1 saturated carbocycles. The molecule has 3 unspecified atom stereocenters. The summed E-state index contributed by atoms with van der Waals surface area (Å²) in [7, 11) is 0. The zero-order chi connectivity index (χ0) is 20.0. The van der Waals surface area contributed by atoms with Crippen LogP contribution in [-0.4, -0.2) is 5.91 Å². The number of nitrogens with zero attached hydrogens (tertiary/aromatic N) is 3. The number of hydrogen-bond donors (Lipinski definition) is 0. The molecule has 2 aliphatic heterocycles. The van der Waals surface area contributed by atoms with Gasteiger partial charge in [-0.3, -0.25) is 4.79 Å². The molecule has 2 heterocycles. The minimum Gasteiger partial charge on any atom is -0.461 e. The lowest BCUT2D eigenvalue weighted by Crippen LogP contribution is -2.51. The van der Waals surface area contributed by atoms with Gasteiger partial charge in [-0.05, 0) is 24.5 Å². The summed E-state index contributed by atoms with van der Waals surface area (Å²) in [6.45, 7) is 0.440. The van der Waals surface area contributed by atoms with Crippen molar-refractivity contribution in [2.24, 2.45) is 11.8 Å². The molecule has 2 aromatic rings. The van der Waals surface area contributed by atoms with E-state index in [0.29, 0.717) is 12.1 Å². The minimum absolute atomic E-state index is 0.000337. The number of benzene rings is 2. The number of rotatable bonds is 2. The molecule has 29 heavy (non-hydrogen) atoms. The van der Waals surface area contributed by atoms with E-state index in [1.165, 1.54) is 0 Å². The normalized spacial score (nSPS) is 27.2. The quantitative estimate of drug-likeness (QED) is 0.782. The van der Waals surface area contributed by atoms with Crippen molar-refractivity contribution < 1.29 is 9.53 Å². The molecule has 0 saturated heterocycles. The van der Waals surface area contributed by atoms with Crippen LogP contribution in [0.15, 0.2) is 65.9 Å². The van der Waals surface area contributed by atoms with E-state index >= 15 is 0 Å². The van der Waals surface area contributed by atoms with Gasteiger partial charge in [-0.2, -0.15) is 10.5 Å². The molecule has 0 bridgehead atoms. The Balaban J connectivity index is 1.68. The zero-order valence-corrected chi connectivity index (χ0v) is 15.8. The third kappa shape index (κ3) is 2.34. The van der Waals surface area contributed by atoms with E-state index in [0.717, 1.165) is 36.1 Å². The van der Waals surface area contributed by atoms with Crippen LogP contribution < -0.4 is 4.90 Å². The van der Waals surface area contributed by atoms with Gasteiger partial charge < -0.3 is 9.64 Å². The van der Waals surface area contributed by atoms with Crippen LogP contribution in [0.2, 0.25) is 0 Å². The third-order valence-corrected chi connectivity index (χ3v) is 6.48. The van der Waals surface area contributed by atoms with E-state index in [4.69, 9.17) is 4.74 Å². The average molecular weight is 381 g/mol. The van der Waals surface area contributed by atoms with Gasteiger partial charge in [0.25, 0.3) is 5.91 Å². The second-order valence-corrected chi connectivity index (χ2v) is 7.84. The van der Waals surface area contributed by atoms with Crippen molar-refractivity contribution in [2.75, 3.05) is 4.90 Å². The molecule has 5 heteroatoms. The van der Waals surface area contributed by atoms with Crippen LogP contribution in [0.4, 0.5) is 5.69 Å². The summed E-state index contributed by atoms with van der Waals surface area (Å²) < 4.78 is 6.21. The van der Waals surface area contributed by atoms with Crippen molar-refractivity contribution in [2.45, 2.75) is 31.4 Å². The number of carbonyl (C=O) groups is 1. The van der Waals surface area contributed by atoms with E-state index in [1.54, 1.807) is 4.90 Å². The van der Waals surface area contributed by atoms with Crippen molar-refractivity contribution in [3.8, 4) is 12.1 Å². The van der Waals surface area contributed by atoms with Crippen LogP contribution in [-0.2, 0) is 21.7 Å². The van der Waals surface area contributed by atoms with E-state index < -0.39 is 5.60 Å². The molecular weight excluding hydrogens is 362 g/mol. The van der Waals surface area contributed by atoms with Crippen LogP contribution >= 0.6 is 0 Å². The highest BCUT2D eigenvalue weighted by atomic mass is 16.5. The molecule has 142 valence electrons.